The Morgan fingerprint density at radius 2 is 1.56 bits per heavy atom. The van der Waals surface area contributed by atoms with Crippen molar-refractivity contribution in [3.8, 4) is 0 Å². The van der Waals surface area contributed by atoms with Crippen LogP contribution in [-0.2, 0) is 14.4 Å². The van der Waals surface area contributed by atoms with E-state index in [0.717, 1.165) is 85.2 Å². The number of nitrogens with zero attached hydrogens (tertiary/aromatic N) is 1. The van der Waals surface area contributed by atoms with Crippen LogP contribution in [0, 0.1) is 35.5 Å². The third-order valence-electron chi connectivity index (χ3n) is 13.3. The van der Waals surface area contributed by atoms with Crippen molar-refractivity contribution in [3.63, 3.8) is 0 Å². The molecule has 3 N–H and O–H groups in total. The second kappa shape index (κ2) is 18.6. The maximum atomic E-state index is 13.3. The lowest BCUT2D eigenvalue weighted by Crippen LogP contribution is -2.30. The molecule has 0 aromatic carbocycles. The third-order valence-corrected chi connectivity index (χ3v) is 13.3. The van der Waals surface area contributed by atoms with Crippen molar-refractivity contribution in [2.75, 3.05) is 0 Å². The Balaban J connectivity index is 1.16. The van der Waals surface area contributed by atoms with Crippen molar-refractivity contribution in [1.82, 2.24) is 10.8 Å². The third kappa shape index (κ3) is 9.80. The van der Waals surface area contributed by atoms with E-state index in [9.17, 15) is 14.4 Å². The number of Topliss-reactive ketones (excluding diaryl/α,β-unsaturated/α-hetero) is 2. The van der Waals surface area contributed by atoms with Gasteiger partial charge in [0.25, 0.3) is 0 Å². The van der Waals surface area contributed by atoms with Crippen molar-refractivity contribution in [1.29, 1.82) is 0 Å². The fourth-order valence-electron chi connectivity index (χ4n) is 10.6. The lowest BCUT2D eigenvalue weighted by Gasteiger charge is -2.31. The summed E-state index contributed by atoms with van der Waals surface area (Å²) < 4.78 is 0. The SMILES string of the molecule is CC(=O)/C1=C(C)/C2=C/CC/C=C(NC3=C/CC/C=C(C4CCC5CCCC(CCCC(=O)NO)CC5CC4)/C=C\3)/N=C\2C(C2CCCC2)CCC1=O. The first-order chi connectivity index (χ1) is 25.3. The smallest absolute Gasteiger partial charge is 0.243 e. The summed E-state index contributed by atoms with van der Waals surface area (Å²) in [4.78, 5) is 43.0. The van der Waals surface area contributed by atoms with Crippen LogP contribution in [0.2, 0.25) is 0 Å². The van der Waals surface area contributed by atoms with Crippen LogP contribution in [0.15, 0.2) is 75.3 Å². The van der Waals surface area contributed by atoms with Crippen LogP contribution >= 0.6 is 0 Å². The first kappa shape index (κ1) is 38.4. The average molecular weight is 710 g/mol. The van der Waals surface area contributed by atoms with Crippen molar-refractivity contribution in [3.05, 3.63) is 70.3 Å². The second-order valence-corrected chi connectivity index (χ2v) is 16.7. The Morgan fingerprint density at radius 3 is 2.35 bits per heavy atom. The molecule has 5 unspecified atom stereocenters. The number of amides is 1. The molecule has 0 spiro atoms. The summed E-state index contributed by atoms with van der Waals surface area (Å²) in [5, 5.41) is 12.6. The quantitative estimate of drug-likeness (QED) is 0.125. The van der Waals surface area contributed by atoms with Crippen LogP contribution in [0.3, 0.4) is 0 Å². The maximum absolute atomic E-state index is 13.3. The topological polar surface area (TPSA) is 108 Å². The molecular formula is C45H63N3O4. The van der Waals surface area contributed by atoms with Gasteiger partial charge < -0.3 is 5.32 Å². The zero-order chi connectivity index (χ0) is 36.5. The van der Waals surface area contributed by atoms with Gasteiger partial charge in [0.05, 0.1) is 11.3 Å². The van der Waals surface area contributed by atoms with Crippen molar-refractivity contribution >= 4 is 23.2 Å². The van der Waals surface area contributed by atoms with Gasteiger partial charge in [-0.2, -0.15) is 0 Å². The largest absolute Gasteiger partial charge is 0.341 e. The highest BCUT2D eigenvalue weighted by molar-refractivity contribution is 6.23. The van der Waals surface area contributed by atoms with Crippen LogP contribution in [0.5, 0.6) is 0 Å². The van der Waals surface area contributed by atoms with Gasteiger partial charge in [-0.1, -0.05) is 56.4 Å². The van der Waals surface area contributed by atoms with E-state index in [1.807, 2.05) is 6.92 Å². The lowest BCUT2D eigenvalue weighted by atomic mass is 9.75. The summed E-state index contributed by atoms with van der Waals surface area (Å²) in [6.45, 7) is 3.49. The van der Waals surface area contributed by atoms with Crippen molar-refractivity contribution < 1.29 is 19.6 Å². The van der Waals surface area contributed by atoms with Gasteiger partial charge in [0.2, 0.25) is 5.91 Å². The number of carbonyl (C=O) groups is 3. The highest BCUT2D eigenvalue weighted by atomic mass is 16.5. The van der Waals surface area contributed by atoms with Crippen LogP contribution in [0.4, 0.5) is 0 Å². The number of nitrogens with one attached hydrogen (secondary N) is 2. The van der Waals surface area contributed by atoms with Crippen LogP contribution in [-0.4, -0.2) is 28.4 Å². The number of rotatable bonds is 9. The molecule has 3 fully saturated rings. The predicted molar refractivity (Wildman–Crippen MR) is 208 cm³/mol. The number of hydrogen-bond acceptors (Lipinski definition) is 6. The highest BCUT2D eigenvalue weighted by Gasteiger charge is 2.36. The minimum Gasteiger partial charge on any atom is -0.341 e. The summed E-state index contributed by atoms with van der Waals surface area (Å²) in [5.74, 6) is 4.11. The van der Waals surface area contributed by atoms with Gasteiger partial charge in [-0.15, -0.1) is 0 Å². The van der Waals surface area contributed by atoms with Gasteiger partial charge in [-0.05, 0) is 162 Å². The van der Waals surface area contributed by atoms with Gasteiger partial charge in [0, 0.05) is 24.5 Å². The molecule has 1 heterocycles. The molecule has 0 aromatic rings. The first-order valence-corrected chi connectivity index (χ1v) is 20.8. The molecule has 7 heteroatoms. The Bertz CT molecular complexity index is 1550. The molecule has 6 aliphatic rings. The maximum Gasteiger partial charge on any atom is 0.243 e. The Labute approximate surface area is 312 Å². The molecule has 0 bridgehead atoms. The van der Waals surface area contributed by atoms with Gasteiger partial charge in [-0.3, -0.25) is 19.6 Å². The fraction of sp³-hybridized carbons (Fsp3) is 0.644. The van der Waals surface area contributed by atoms with Crippen LogP contribution < -0.4 is 10.8 Å². The molecule has 3 saturated carbocycles. The minimum atomic E-state index is -0.267. The number of allylic oxidation sites excluding steroid dienone is 10. The minimum absolute atomic E-state index is 0.00769. The van der Waals surface area contributed by atoms with Crippen LogP contribution in [0.1, 0.15) is 149 Å². The molecule has 1 aliphatic heterocycles. The van der Waals surface area contributed by atoms with E-state index in [0.29, 0.717) is 36.2 Å². The van der Waals surface area contributed by atoms with E-state index in [-0.39, 0.29) is 23.4 Å². The summed E-state index contributed by atoms with van der Waals surface area (Å²) >= 11 is 0. The zero-order valence-electron chi connectivity index (χ0n) is 31.9. The monoisotopic (exact) mass is 709 g/mol. The molecule has 282 valence electrons. The molecular weight excluding hydrogens is 647 g/mol. The van der Waals surface area contributed by atoms with Gasteiger partial charge in [-0.25, -0.2) is 10.5 Å². The van der Waals surface area contributed by atoms with E-state index in [1.54, 1.807) is 5.48 Å². The molecule has 0 saturated heterocycles. The lowest BCUT2D eigenvalue weighted by molar-refractivity contribution is -0.129. The second-order valence-electron chi connectivity index (χ2n) is 16.7. The van der Waals surface area contributed by atoms with E-state index in [2.05, 4.69) is 41.8 Å². The number of aliphatic imine (C=N–C) groups is 1. The fourth-order valence-corrected chi connectivity index (χ4v) is 10.6. The molecule has 0 aromatic heterocycles. The number of hydroxylamine groups is 1. The Hall–Kier alpha value is -3.32. The highest BCUT2D eigenvalue weighted by Crippen LogP contribution is 2.45. The number of fused-ring (bicyclic) bond motifs is 2. The Morgan fingerprint density at radius 1 is 0.827 bits per heavy atom. The zero-order valence-corrected chi connectivity index (χ0v) is 31.9. The summed E-state index contributed by atoms with van der Waals surface area (Å²) in [5.41, 5.74) is 7.62. The van der Waals surface area contributed by atoms with Crippen LogP contribution in [0.25, 0.3) is 0 Å². The number of hydrogen-bond donors (Lipinski definition) is 3. The molecule has 0 radical (unpaired) electrons. The molecule has 1 amide bonds. The van der Waals surface area contributed by atoms with Gasteiger partial charge in [0.1, 0.15) is 5.82 Å². The summed E-state index contributed by atoms with van der Waals surface area (Å²) in [7, 11) is 0. The number of carbonyl (C=O) groups excluding carboxylic acids is 3. The normalized spacial score (nSPS) is 36.4. The van der Waals surface area contributed by atoms with Crippen molar-refractivity contribution in [2.24, 2.45) is 40.5 Å². The Kier molecular flexibility index (Phi) is 13.8. The van der Waals surface area contributed by atoms with E-state index >= 15 is 0 Å². The molecule has 5 atom stereocenters. The van der Waals surface area contributed by atoms with E-state index < -0.39 is 0 Å². The van der Waals surface area contributed by atoms with Gasteiger partial charge >= 0.3 is 0 Å². The standard InChI is InChI=1S/C45H63N3O4/c1-30-39-18-7-8-19-42(47-45(39)40(36-14-3-4-15-36)27-28-41(50)44(30)31(2)49)46-38-17-6-5-13-33(25-26-38)35-22-21-34-16-9-11-32(29-37(34)24-23-35)12-10-20-43(51)48-52/h13,17-19,25-26,32,34-37,40,46,52H,3-12,14-16,20-24,27-29H2,1-2H3,(H,48,51)/b26-25-,33-13-,38-17+,39-18-,42-19+,44-30-,47-45+. The first-order valence-electron chi connectivity index (χ1n) is 20.8. The van der Waals surface area contributed by atoms with Gasteiger partial charge in [0.15, 0.2) is 11.6 Å². The van der Waals surface area contributed by atoms with E-state index in [1.165, 1.54) is 89.5 Å². The number of ketones is 2. The molecule has 6 rings (SSSR count). The van der Waals surface area contributed by atoms with Crippen molar-refractivity contribution in [2.45, 2.75) is 149 Å². The summed E-state index contributed by atoms with van der Waals surface area (Å²) in [6.07, 6.45) is 36.3. The predicted octanol–water partition coefficient (Wildman–Crippen LogP) is 10.1. The molecule has 5 aliphatic carbocycles. The summed E-state index contributed by atoms with van der Waals surface area (Å²) in [6, 6.07) is 0. The molecule has 52 heavy (non-hydrogen) atoms. The molecule has 7 nitrogen and oxygen atoms in total. The van der Waals surface area contributed by atoms with E-state index in [4.69, 9.17) is 10.2 Å². The average Bonchev–Trinajstić information content (AvgIpc) is 3.47.